The van der Waals surface area contributed by atoms with E-state index in [-0.39, 0.29) is 22.0 Å². The number of carbonyl (C=O) groups is 1. The van der Waals surface area contributed by atoms with Crippen LogP contribution in [-0.2, 0) is 14.8 Å². The summed E-state index contributed by atoms with van der Waals surface area (Å²) in [6.45, 7) is 0.629. The minimum absolute atomic E-state index is 0.00392. The van der Waals surface area contributed by atoms with Gasteiger partial charge >= 0.3 is 0 Å². The Morgan fingerprint density at radius 2 is 1.81 bits per heavy atom. The van der Waals surface area contributed by atoms with Crippen LogP contribution in [0.15, 0.2) is 17.3 Å². The summed E-state index contributed by atoms with van der Waals surface area (Å²) in [5, 5.41) is 0.00392. The minimum atomic E-state index is -3.62. The Kier molecular flexibility index (Phi) is 4.80. The second kappa shape index (κ2) is 6.25. The number of halogens is 1. The number of carbonyl (C=O) groups excluding carboxylic acids is 1. The topological polar surface area (TPSA) is 83.5 Å². The molecule has 0 aromatic carbocycles. The molecule has 1 amide bonds. The highest BCUT2D eigenvalue weighted by Crippen LogP contribution is 2.24. The van der Waals surface area contributed by atoms with Gasteiger partial charge in [0.15, 0.2) is 0 Å². The van der Waals surface area contributed by atoms with Gasteiger partial charge in [-0.2, -0.15) is 4.31 Å². The number of amides is 1. The van der Waals surface area contributed by atoms with Crippen LogP contribution in [0.25, 0.3) is 0 Å². The monoisotopic (exact) mass is 332 g/mol. The average Bonchev–Trinajstić information content (AvgIpc) is 2.47. The molecule has 1 aromatic heterocycles. The van der Waals surface area contributed by atoms with E-state index in [1.54, 1.807) is 19.0 Å². The zero-order chi connectivity index (χ0) is 15.6. The third-order valence-corrected chi connectivity index (χ3v) is 5.53. The van der Waals surface area contributed by atoms with Gasteiger partial charge in [-0.1, -0.05) is 0 Å². The first-order valence-electron chi connectivity index (χ1n) is 6.51. The largest absolute Gasteiger partial charge is 0.349 e. The van der Waals surface area contributed by atoms with Gasteiger partial charge in [0.1, 0.15) is 4.90 Å². The van der Waals surface area contributed by atoms with Gasteiger partial charge in [-0.25, -0.2) is 18.4 Å². The van der Waals surface area contributed by atoms with Crippen molar-refractivity contribution in [2.75, 3.05) is 27.2 Å². The second-order valence-electron chi connectivity index (χ2n) is 5.10. The van der Waals surface area contributed by atoms with Crippen LogP contribution in [0.2, 0.25) is 5.28 Å². The second-order valence-corrected chi connectivity index (χ2v) is 7.37. The quantitative estimate of drug-likeness (QED) is 0.758. The van der Waals surface area contributed by atoms with Gasteiger partial charge in [0.2, 0.25) is 21.2 Å². The Morgan fingerprint density at radius 1 is 1.29 bits per heavy atom. The van der Waals surface area contributed by atoms with Crippen molar-refractivity contribution in [1.29, 1.82) is 0 Å². The van der Waals surface area contributed by atoms with Gasteiger partial charge in [-0.05, 0) is 24.4 Å². The lowest BCUT2D eigenvalue weighted by molar-refractivity contribution is -0.134. The molecule has 0 spiro atoms. The van der Waals surface area contributed by atoms with Crippen LogP contribution in [0.5, 0.6) is 0 Å². The van der Waals surface area contributed by atoms with Gasteiger partial charge in [-0.3, -0.25) is 4.79 Å². The van der Waals surface area contributed by atoms with Gasteiger partial charge in [0, 0.05) is 33.1 Å². The molecular formula is C12H17ClN4O3S. The molecular weight excluding hydrogens is 316 g/mol. The van der Waals surface area contributed by atoms with Crippen LogP contribution in [0.3, 0.4) is 0 Å². The van der Waals surface area contributed by atoms with Crippen LogP contribution in [0.1, 0.15) is 12.8 Å². The van der Waals surface area contributed by atoms with E-state index in [1.807, 2.05) is 0 Å². The molecule has 1 aliphatic heterocycles. The number of piperidine rings is 1. The van der Waals surface area contributed by atoms with E-state index in [0.717, 1.165) is 0 Å². The number of rotatable bonds is 3. The summed E-state index contributed by atoms with van der Waals surface area (Å²) in [6, 6.07) is 0. The van der Waals surface area contributed by atoms with Gasteiger partial charge in [-0.15, -0.1) is 0 Å². The van der Waals surface area contributed by atoms with Crippen molar-refractivity contribution >= 4 is 27.5 Å². The Balaban J connectivity index is 2.07. The van der Waals surface area contributed by atoms with Crippen molar-refractivity contribution in [2.24, 2.45) is 5.92 Å². The molecule has 116 valence electrons. The van der Waals surface area contributed by atoms with E-state index in [2.05, 4.69) is 9.97 Å². The summed E-state index contributed by atoms with van der Waals surface area (Å²) in [5.41, 5.74) is 0. The zero-order valence-electron chi connectivity index (χ0n) is 11.9. The molecule has 7 nitrogen and oxygen atoms in total. The van der Waals surface area contributed by atoms with E-state index >= 15 is 0 Å². The van der Waals surface area contributed by atoms with E-state index < -0.39 is 10.0 Å². The number of sulfonamides is 1. The Hall–Kier alpha value is -1.25. The molecule has 0 N–H and O–H groups in total. The first-order valence-corrected chi connectivity index (χ1v) is 8.33. The molecule has 0 unspecified atom stereocenters. The third-order valence-electron chi connectivity index (χ3n) is 3.48. The maximum absolute atomic E-state index is 12.4. The fraction of sp³-hybridized carbons (Fsp3) is 0.583. The van der Waals surface area contributed by atoms with Gasteiger partial charge in [0.25, 0.3) is 0 Å². The van der Waals surface area contributed by atoms with Crippen molar-refractivity contribution in [1.82, 2.24) is 19.2 Å². The van der Waals surface area contributed by atoms with Crippen LogP contribution < -0.4 is 0 Å². The van der Waals surface area contributed by atoms with Crippen LogP contribution in [-0.4, -0.2) is 60.7 Å². The normalized spacial score (nSPS) is 17.7. The standard InChI is InChI=1S/C12H17ClN4O3S/c1-16(2)11(18)9-3-5-17(6-4-9)21(19,20)10-7-14-12(13)15-8-10/h7-9H,3-6H2,1-2H3. The maximum atomic E-state index is 12.4. The average molecular weight is 333 g/mol. The molecule has 1 fully saturated rings. The SMILES string of the molecule is CN(C)C(=O)C1CCN(S(=O)(=O)c2cnc(Cl)nc2)CC1. The van der Waals surface area contributed by atoms with Crippen LogP contribution >= 0.6 is 11.6 Å². The molecule has 1 aliphatic rings. The summed E-state index contributed by atoms with van der Waals surface area (Å²) in [7, 11) is -0.214. The fourth-order valence-corrected chi connectivity index (χ4v) is 3.75. The maximum Gasteiger partial charge on any atom is 0.246 e. The number of aromatic nitrogens is 2. The molecule has 2 heterocycles. The van der Waals surface area contributed by atoms with Crippen molar-refractivity contribution in [3.05, 3.63) is 17.7 Å². The molecule has 0 saturated carbocycles. The first kappa shape index (κ1) is 16.1. The van der Waals surface area contributed by atoms with Crippen LogP contribution in [0, 0.1) is 5.92 Å². The lowest BCUT2D eigenvalue weighted by atomic mass is 9.97. The smallest absolute Gasteiger partial charge is 0.246 e. The molecule has 1 saturated heterocycles. The summed E-state index contributed by atoms with van der Waals surface area (Å²) in [5.74, 6) is -0.0743. The highest BCUT2D eigenvalue weighted by Gasteiger charge is 2.32. The molecule has 21 heavy (non-hydrogen) atoms. The summed E-state index contributed by atoms with van der Waals surface area (Å²) in [6.07, 6.45) is 3.43. The highest BCUT2D eigenvalue weighted by molar-refractivity contribution is 7.89. The number of hydrogen-bond acceptors (Lipinski definition) is 5. The summed E-state index contributed by atoms with van der Waals surface area (Å²) in [4.78, 5) is 20.8. The van der Waals surface area contributed by atoms with E-state index in [9.17, 15) is 13.2 Å². The Bertz CT molecular complexity index is 610. The lowest BCUT2D eigenvalue weighted by Crippen LogP contribution is -2.42. The highest BCUT2D eigenvalue weighted by atomic mass is 35.5. The van der Waals surface area contributed by atoms with Crippen molar-refractivity contribution in [3.63, 3.8) is 0 Å². The molecule has 0 bridgehead atoms. The predicted octanol–water partition coefficient (Wildman–Crippen LogP) is 0.619. The van der Waals surface area contributed by atoms with E-state index in [0.29, 0.717) is 25.9 Å². The molecule has 0 radical (unpaired) electrons. The van der Waals surface area contributed by atoms with Crippen molar-refractivity contribution in [3.8, 4) is 0 Å². The zero-order valence-corrected chi connectivity index (χ0v) is 13.4. The number of hydrogen-bond donors (Lipinski definition) is 0. The number of nitrogens with zero attached hydrogens (tertiary/aromatic N) is 4. The summed E-state index contributed by atoms with van der Waals surface area (Å²) >= 11 is 5.56. The molecule has 1 aromatic rings. The Morgan fingerprint density at radius 3 is 2.29 bits per heavy atom. The van der Waals surface area contributed by atoms with Crippen molar-refractivity contribution < 1.29 is 13.2 Å². The van der Waals surface area contributed by atoms with Crippen LogP contribution in [0.4, 0.5) is 0 Å². The molecule has 0 atom stereocenters. The minimum Gasteiger partial charge on any atom is -0.349 e. The van der Waals surface area contributed by atoms with Gasteiger partial charge < -0.3 is 4.90 Å². The van der Waals surface area contributed by atoms with Gasteiger partial charge in [0.05, 0.1) is 12.4 Å². The molecule has 9 heteroatoms. The summed E-state index contributed by atoms with van der Waals surface area (Å²) < 4.78 is 26.2. The molecule has 2 rings (SSSR count). The molecule has 0 aliphatic carbocycles. The predicted molar refractivity (Wildman–Crippen MR) is 77.2 cm³/mol. The van der Waals surface area contributed by atoms with E-state index in [1.165, 1.54) is 16.7 Å². The van der Waals surface area contributed by atoms with Crippen molar-refractivity contribution in [2.45, 2.75) is 17.7 Å². The lowest BCUT2D eigenvalue weighted by Gasteiger charge is -2.31. The first-order chi connectivity index (χ1) is 9.82. The fourth-order valence-electron chi connectivity index (χ4n) is 2.29. The van der Waals surface area contributed by atoms with E-state index in [4.69, 9.17) is 11.6 Å². The third kappa shape index (κ3) is 3.50. The Labute approximate surface area is 129 Å².